The number of nitrogens with one attached hydrogen (secondary N) is 2. The van der Waals surface area contributed by atoms with Gasteiger partial charge in [-0.15, -0.1) is 5.10 Å². The second-order valence-corrected chi connectivity index (χ2v) is 6.95. The number of aryl methyl sites for hydroxylation is 3. The first-order chi connectivity index (χ1) is 13.5. The van der Waals surface area contributed by atoms with E-state index in [0.29, 0.717) is 18.7 Å². The Balaban J connectivity index is 1.68. The van der Waals surface area contributed by atoms with E-state index >= 15 is 0 Å². The summed E-state index contributed by atoms with van der Waals surface area (Å²) in [6, 6.07) is 14.9. The zero-order chi connectivity index (χ0) is 19.7. The first-order valence-corrected chi connectivity index (χ1v) is 9.21. The Labute approximate surface area is 162 Å². The minimum atomic E-state index is -0.544. The number of amides is 3. The van der Waals surface area contributed by atoms with E-state index in [4.69, 9.17) is 10.1 Å². The number of hydrogen-bond acceptors (Lipinski definition) is 4. The highest BCUT2D eigenvalue weighted by Gasteiger charge is 2.29. The molecule has 0 radical (unpaired) electrons. The normalized spacial score (nSPS) is 16.1. The summed E-state index contributed by atoms with van der Waals surface area (Å²) in [5.74, 6) is 1.08. The predicted octanol–water partition coefficient (Wildman–Crippen LogP) is 2.69. The molecule has 1 aliphatic rings. The summed E-state index contributed by atoms with van der Waals surface area (Å²) in [6.07, 6.45) is 0.959. The van der Waals surface area contributed by atoms with Gasteiger partial charge in [-0.1, -0.05) is 36.4 Å². The largest absolute Gasteiger partial charge is 0.326 e. The Morgan fingerprint density at radius 3 is 2.50 bits per heavy atom. The van der Waals surface area contributed by atoms with Crippen LogP contribution >= 0.6 is 0 Å². The molecule has 1 saturated heterocycles. The fourth-order valence-corrected chi connectivity index (χ4v) is 3.22. The molecule has 2 heterocycles. The molecular weight excluding hydrogens is 354 g/mol. The third-order valence-electron chi connectivity index (χ3n) is 4.96. The highest BCUT2D eigenvalue weighted by atomic mass is 16.2. The molecule has 0 bridgehead atoms. The molecule has 7 nitrogen and oxygen atoms in total. The molecule has 3 aromatic rings. The molecular formula is C21H21N5O2. The van der Waals surface area contributed by atoms with E-state index in [2.05, 4.69) is 36.6 Å². The van der Waals surface area contributed by atoms with Crippen molar-refractivity contribution in [1.29, 1.82) is 0 Å². The molecule has 2 aromatic carbocycles. The summed E-state index contributed by atoms with van der Waals surface area (Å²) in [6.45, 7) is 4.13. The lowest BCUT2D eigenvalue weighted by atomic mass is 10.1. The molecule has 1 atom stereocenters. The molecule has 1 unspecified atom stereocenters. The van der Waals surface area contributed by atoms with Crippen molar-refractivity contribution in [2.24, 2.45) is 0 Å². The van der Waals surface area contributed by atoms with Gasteiger partial charge >= 0.3 is 6.03 Å². The minimum Gasteiger partial charge on any atom is -0.326 e. The lowest BCUT2D eigenvalue weighted by Crippen LogP contribution is -2.29. The summed E-state index contributed by atoms with van der Waals surface area (Å²) >= 11 is 0. The van der Waals surface area contributed by atoms with Crippen molar-refractivity contribution in [1.82, 2.24) is 25.4 Å². The lowest BCUT2D eigenvalue weighted by molar-refractivity contribution is -0.120. The molecule has 1 fully saturated rings. The quantitative estimate of drug-likeness (QED) is 0.671. The van der Waals surface area contributed by atoms with E-state index in [1.165, 1.54) is 11.1 Å². The number of aromatic nitrogens is 3. The molecule has 7 heteroatoms. The second-order valence-electron chi connectivity index (χ2n) is 6.95. The highest BCUT2D eigenvalue weighted by Crippen LogP contribution is 2.21. The number of nitrogens with zero attached hydrogens (tertiary/aromatic N) is 3. The Hall–Kier alpha value is -3.48. The molecule has 1 aliphatic heterocycles. The van der Waals surface area contributed by atoms with Gasteiger partial charge < -0.3 is 5.32 Å². The van der Waals surface area contributed by atoms with Crippen LogP contribution < -0.4 is 10.6 Å². The van der Waals surface area contributed by atoms with E-state index < -0.39 is 12.1 Å². The number of rotatable bonds is 5. The van der Waals surface area contributed by atoms with Crippen molar-refractivity contribution in [3.8, 4) is 17.1 Å². The maximum Gasteiger partial charge on any atom is 0.322 e. The van der Waals surface area contributed by atoms with Gasteiger partial charge in [0.2, 0.25) is 0 Å². The van der Waals surface area contributed by atoms with Gasteiger partial charge in [0.25, 0.3) is 5.91 Å². The number of carbonyl (C=O) groups is 2. The van der Waals surface area contributed by atoms with Crippen LogP contribution in [0.15, 0.2) is 48.5 Å². The molecule has 0 spiro atoms. The number of benzene rings is 2. The van der Waals surface area contributed by atoms with E-state index in [0.717, 1.165) is 17.1 Å². The fourth-order valence-electron chi connectivity index (χ4n) is 3.22. The Bertz CT molecular complexity index is 1040. The summed E-state index contributed by atoms with van der Waals surface area (Å²) in [4.78, 5) is 27.9. The molecule has 0 saturated carbocycles. The highest BCUT2D eigenvalue weighted by molar-refractivity contribution is 6.04. The van der Waals surface area contributed by atoms with Crippen LogP contribution in [0.3, 0.4) is 0 Å². The Morgan fingerprint density at radius 2 is 1.82 bits per heavy atom. The number of urea groups is 1. The van der Waals surface area contributed by atoms with Gasteiger partial charge in [0.15, 0.2) is 5.82 Å². The first-order valence-electron chi connectivity index (χ1n) is 9.21. The molecule has 28 heavy (non-hydrogen) atoms. The summed E-state index contributed by atoms with van der Waals surface area (Å²) in [5, 5.41) is 9.61. The minimum absolute atomic E-state index is 0.300. The van der Waals surface area contributed by atoms with E-state index in [9.17, 15) is 9.59 Å². The average Bonchev–Trinajstić information content (AvgIpc) is 3.25. The zero-order valence-corrected chi connectivity index (χ0v) is 15.8. The van der Waals surface area contributed by atoms with Gasteiger partial charge in [0, 0.05) is 12.0 Å². The standard InChI is InChI=1S/C21H21N5O2/c1-13-8-9-16(12-14(13)2)26-18(11-10-17-20(27)24-21(28)22-17)23-19(25-26)15-6-4-3-5-7-15/h3-9,12,17H,10-11H2,1-2H3,(H2,22,24,27,28). The lowest BCUT2D eigenvalue weighted by Gasteiger charge is -2.10. The topological polar surface area (TPSA) is 88.9 Å². The first kappa shape index (κ1) is 17.9. The number of imide groups is 1. The Morgan fingerprint density at radius 1 is 1.04 bits per heavy atom. The maximum atomic E-state index is 11.8. The fraction of sp³-hybridized carbons (Fsp3) is 0.238. The van der Waals surface area contributed by atoms with Gasteiger partial charge in [-0.2, -0.15) is 0 Å². The maximum absolute atomic E-state index is 11.8. The van der Waals surface area contributed by atoms with Crippen LogP contribution in [0.1, 0.15) is 23.4 Å². The van der Waals surface area contributed by atoms with Gasteiger partial charge in [0.05, 0.1) is 5.69 Å². The van der Waals surface area contributed by atoms with Crippen LogP contribution in [-0.4, -0.2) is 32.7 Å². The van der Waals surface area contributed by atoms with Gasteiger partial charge in [-0.25, -0.2) is 14.5 Å². The molecule has 3 amide bonds. The van der Waals surface area contributed by atoms with E-state index in [1.807, 2.05) is 41.1 Å². The third-order valence-corrected chi connectivity index (χ3v) is 4.96. The van der Waals surface area contributed by atoms with Crippen LogP contribution in [0.4, 0.5) is 4.79 Å². The molecule has 142 valence electrons. The van der Waals surface area contributed by atoms with Crippen LogP contribution in [0.5, 0.6) is 0 Å². The van der Waals surface area contributed by atoms with Crippen molar-refractivity contribution >= 4 is 11.9 Å². The van der Waals surface area contributed by atoms with Crippen molar-refractivity contribution in [3.05, 3.63) is 65.5 Å². The van der Waals surface area contributed by atoms with Gasteiger partial charge in [-0.3, -0.25) is 10.1 Å². The van der Waals surface area contributed by atoms with E-state index in [-0.39, 0.29) is 5.91 Å². The van der Waals surface area contributed by atoms with Crippen molar-refractivity contribution < 1.29 is 9.59 Å². The van der Waals surface area contributed by atoms with Gasteiger partial charge in [0.1, 0.15) is 11.9 Å². The van der Waals surface area contributed by atoms with Gasteiger partial charge in [-0.05, 0) is 43.5 Å². The molecule has 4 rings (SSSR count). The summed E-state index contributed by atoms with van der Waals surface area (Å²) in [5.41, 5.74) is 4.23. The third kappa shape index (κ3) is 3.51. The molecule has 0 aliphatic carbocycles. The van der Waals surface area contributed by atoms with Crippen LogP contribution in [0, 0.1) is 13.8 Å². The van der Waals surface area contributed by atoms with Crippen LogP contribution in [-0.2, 0) is 11.2 Å². The zero-order valence-electron chi connectivity index (χ0n) is 15.8. The average molecular weight is 375 g/mol. The smallest absolute Gasteiger partial charge is 0.322 e. The summed E-state index contributed by atoms with van der Waals surface area (Å²) < 4.78 is 1.82. The number of carbonyl (C=O) groups excluding carboxylic acids is 2. The Kier molecular flexibility index (Phi) is 4.65. The summed E-state index contributed by atoms with van der Waals surface area (Å²) in [7, 11) is 0. The monoisotopic (exact) mass is 375 g/mol. The second kappa shape index (κ2) is 7.26. The predicted molar refractivity (Wildman–Crippen MR) is 105 cm³/mol. The van der Waals surface area contributed by atoms with E-state index in [1.54, 1.807) is 0 Å². The van der Waals surface area contributed by atoms with Crippen molar-refractivity contribution in [3.63, 3.8) is 0 Å². The van der Waals surface area contributed by atoms with Crippen molar-refractivity contribution in [2.45, 2.75) is 32.7 Å². The molecule has 1 aromatic heterocycles. The van der Waals surface area contributed by atoms with Crippen molar-refractivity contribution in [2.75, 3.05) is 0 Å². The SMILES string of the molecule is Cc1ccc(-n2nc(-c3ccccc3)nc2CCC2NC(=O)NC2=O)cc1C. The molecule has 2 N–H and O–H groups in total. The number of hydrogen-bond donors (Lipinski definition) is 2. The van der Waals surface area contributed by atoms with Crippen LogP contribution in [0.2, 0.25) is 0 Å². The van der Waals surface area contributed by atoms with Crippen LogP contribution in [0.25, 0.3) is 17.1 Å².